The quantitative estimate of drug-likeness (QED) is 0.563. The van der Waals surface area contributed by atoms with Crippen molar-refractivity contribution in [2.45, 2.75) is 6.92 Å². The number of rotatable bonds is 7. The zero-order valence-corrected chi connectivity index (χ0v) is 17.2. The molecule has 8 nitrogen and oxygen atoms in total. The highest BCUT2D eigenvalue weighted by molar-refractivity contribution is 7.92. The summed E-state index contributed by atoms with van der Waals surface area (Å²) in [6.07, 6.45) is 1.11. The summed E-state index contributed by atoms with van der Waals surface area (Å²) < 4.78 is 34.7. The van der Waals surface area contributed by atoms with Crippen molar-refractivity contribution >= 4 is 27.3 Å². The minimum Gasteiger partial charge on any atom is -0.493 e. The maximum Gasteiger partial charge on any atom is 0.271 e. The van der Waals surface area contributed by atoms with Crippen LogP contribution in [0.1, 0.15) is 22.8 Å². The summed E-state index contributed by atoms with van der Waals surface area (Å²) in [7, 11) is 1.18. The number of ether oxygens (including phenoxy) is 2. The minimum absolute atomic E-state index is 0.356. The van der Waals surface area contributed by atoms with Crippen LogP contribution in [0.2, 0.25) is 0 Å². The molecule has 0 unspecified atom stereocenters. The van der Waals surface area contributed by atoms with Crippen LogP contribution in [0, 0.1) is 0 Å². The number of benzene rings is 2. The summed E-state index contributed by atoms with van der Waals surface area (Å²) in [6.45, 7) is 1.76. The molecule has 1 amide bonds. The first-order chi connectivity index (χ1) is 13.2. The number of hydrogen-bond donors (Lipinski definition) is 1. The first kappa shape index (κ1) is 21.2. The molecule has 0 saturated carbocycles. The SMILES string of the molecule is COc1ccc(/C(C)=N\NC(=O)c2ccc(N(C)S(C)(=O)=O)cc2)cc1OC. The summed E-state index contributed by atoms with van der Waals surface area (Å²) in [4.78, 5) is 12.3. The highest BCUT2D eigenvalue weighted by atomic mass is 32.2. The number of nitrogens with zero attached hydrogens (tertiary/aromatic N) is 2. The molecule has 0 saturated heterocycles. The molecule has 0 atom stereocenters. The predicted molar refractivity (Wildman–Crippen MR) is 109 cm³/mol. The molecule has 0 radical (unpaired) electrons. The molecule has 2 aromatic rings. The van der Waals surface area contributed by atoms with Gasteiger partial charge in [-0.05, 0) is 49.4 Å². The lowest BCUT2D eigenvalue weighted by molar-refractivity contribution is 0.0955. The van der Waals surface area contributed by atoms with Gasteiger partial charge in [0.15, 0.2) is 11.5 Å². The summed E-state index contributed by atoms with van der Waals surface area (Å²) in [5.74, 6) is 0.752. The number of carbonyl (C=O) groups is 1. The van der Waals surface area contributed by atoms with E-state index in [1.54, 1.807) is 45.4 Å². The molecule has 0 spiro atoms. The van der Waals surface area contributed by atoms with Crippen molar-refractivity contribution in [3.63, 3.8) is 0 Å². The Morgan fingerprint density at radius 3 is 2.11 bits per heavy atom. The van der Waals surface area contributed by atoms with E-state index in [1.807, 2.05) is 6.07 Å². The fraction of sp³-hybridized carbons (Fsp3) is 0.263. The van der Waals surface area contributed by atoms with E-state index < -0.39 is 15.9 Å². The molecule has 150 valence electrons. The predicted octanol–water partition coefficient (Wildman–Crippen LogP) is 2.25. The van der Waals surface area contributed by atoms with E-state index >= 15 is 0 Å². The Morgan fingerprint density at radius 1 is 1.00 bits per heavy atom. The van der Waals surface area contributed by atoms with E-state index in [9.17, 15) is 13.2 Å². The number of amides is 1. The Hall–Kier alpha value is -3.07. The first-order valence-electron chi connectivity index (χ1n) is 8.28. The Balaban J connectivity index is 2.12. The zero-order valence-electron chi connectivity index (χ0n) is 16.4. The van der Waals surface area contributed by atoms with Gasteiger partial charge in [-0.25, -0.2) is 13.8 Å². The highest BCUT2D eigenvalue weighted by Gasteiger charge is 2.13. The molecule has 0 bridgehead atoms. The van der Waals surface area contributed by atoms with Crippen molar-refractivity contribution in [2.75, 3.05) is 31.8 Å². The normalized spacial score (nSPS) is 11.7. The summed E-state index contributed by atoms with van der Waals surface area (Å²) in [6, 6.07) is 11.5. The third-order valence-electron chi connectivity index (χ3n) is 4.12. The molecule has 0 heterocycles. The van der Waals surface area contributed by atoms with Gasteiger partial charge in [-0.1, -0.05) is 0 Å². The van der Waals surface area contributed by atoms with Gasteiger partial charge in [-0.15, -0.1) is 0 Å². The molecule has 0 aromatic heterocycles. The Morgan fingerprint density at radius 2 is 1.57 bits per heavy atom. The Bertz CT molecular complexity index is 985. The monoisotopic (exact) mass is 405 g/mol. The molecule has 2 rings (SSSR count). The first-order valence-corrected chi connectivity index (χ1v) is 10.1. The van der Waals surface area contributed by atoms with Crippen molar-refractivity contribution in [1.82, 2.24) is 5.43 Å². The number of hydrazone groups is 1. The number of nitrogens with one attached hydrogen (secondary N) is 1. The van der Waals surface area contributed by atoms with Gasteiger partial charge in [0.05, 0.1) is 31.9 Å². The molecule has 9 heteroatoms. The lowest BCUT2D eigenvalue weighted by Crippen LogP contribution is -2.25. The van der Waals surface area contributed by atoms with Crippen molar-refractivity contribution in [2.24, 2.45) is 5.10 Å². The van der Waals surface area contributed by atoms with Crippen molar-refractivity contribution in [3.8, 4) is 11.5 Å². The van der Waals surface area contributed by atoms with Crippen LogP contribution in [0.4, 0.5) is 5.69 Å². The van der Waals surface area contributed by atoms with Gasteiger partial charge in [0, 0.05) is 18.2 Å². The summed E-state index contributed by atoms with van der Waals surface area (Å²) in [5, 5.41) is 4.11. The van der Waals surface area contributed by atoms with Crippen LogP contribution in [0.5, 0.6) is 11.5 Å². The highest BCUT2D eigenvalue weighted by Crippen LogP contribution is 2.27. The van der Waals surface area contributed by atoms with Crippen LogP contribution in [0.15, 0.2) is 47.6 Å². The number of sulfonamides is 1. The average molecular weight is 405 g/mol. The Kier molecular flexibility index (Phi) is 6.63. The van der Waals surface area contributed by atoms with E-state index in [2.05, 4.69) is 10.5 Å². The van der Waals surface area contributed by atoms with Gasteiger partial charge < -0.3 is 9.47 Å². The number of carbonyl (C=O) groups excluding carboxylic acids is 1. The minimum atomic E-state index is -3.36. The van der Waals surface area contributed by atoms with Crippen LogP contribution >= 0.6 is 0 Å². The van der Waals surface area contributed by atoms with Crippen molar-refractivity contribution in [3.05, 3.63) is 53.6 Å². The number of hydrogen-bond acceptors (Lipinski definition) is 6. The van der Waals surface area contributed by atoms with E-state index in [0.29, 0.717) is 28.5 Å². The lowest BCUT2D eigenvalue weighted by Gasteiger charge is -2.16. The van der Waals surface area contributed by atoms with Gasteiger partial charge in [0.25, 0.3) is 5.91 Å². The number of anilines is 1. The molecule has 2 aromatic carbocycles. The third-order valence-corrected chi connectivity index (χ3v) is 5.32. The van der Waals surface area contributed by atoms with Gasteiger partial charge in [0.2, 0.25) is 10.0 Å². The van der Waals surface area contributed by atoms with E-state index in [1.165, 1.54) is 19.2 Å². The standard InChI is InChI=1S/C19H23N3O5S/c1-13(15-8-11-17(26-3)18(12-15)27-4)20-21-19(23)14-6-9-16(10-7-14)22(2)28(5,24)25/h6-12H,1-5H3,(H,21,23)/b20-13-. The van der Waals surface area contributed by atoms with Crippen LogP contribution in [-0.4, -0.2) is 47.6 Å². The second-order valence-corrected chi connectivity index (χ2v) is 8.00. The van der Waals surface area contributed by atoms with Gasteiger partial charge in [0.1, 0.15) is 0 Å². The van der Waals surface area contributed by atoms with Crippen LogP contribution in [0.25, 0.3) is 0 Å². The van der Waals surface area contributed by atoms with Gasteiger partial charge in [-0.3, -0.25) is 9.10 Å². The largest absolute Gasteiger partial charge is 0.493 e. The van der Waals surface area contributed by atoms with Crippen LogP contribution in [0.3, 0.4) is 0 Å². The van der Waals surface area contributed by atoms with Crippen molar-refractivity contribution in [1.29, 1.82) is 0 Å². The topological polar surface area (TPSA) is 97.3 Å². The van der Waals surface area contributed by atoms with Gasteiger partial charge in [-0.2, -0.15) is 5.10 Å². The number of methoxy groups -OCH3 is 2. The van der Waals surface area contributed by atoms with Crippen LogP contribution < -0.4 is 19.2 Å². The van der Waals surface area contributed by atoms with E-state index in [-0.39, 0.29) is 0 Å². The fourth-order valence-corrected chi connectivity index (χ4v) is 2.84. The maximum atomic E-state index is 12.3. The molecule has 0 fully saturated rings. The Labute approximate surface area is 164 Å². The molecule has 0 aliphatic rings. The molecule has 0 aliphatic heterocycles. The molecular weight excluding hydrogens is 382 g/mol. The average Bonchev–Trinajstić information content (AvgIpc) is 2.69. The third kappa shape index (κ3) is 5.01. The van der Waals surface area contributed by atoms with Gasteiger partial charge >= 0.3 is 0 Å². The van der Waals surface area contributed by atoms with E-state index in [4.69, 9.17) is 9.47 Å². The van der Waals surface area contributed by atoms with Crippen molar-refractivity contribution < 1.29 is 22.7 Å². The van der Waals surface area contributed by atoms with E-state index in [0.717, 1.165) is 16.1 Å². The molecule has 0 aliphatic carbocycles. The fourth-order valence-electron chi connectivity index (χ4n) is 2.34. The molecular formula is C19H23N3O5S. The lowest BCUT2D eigenvalue weighted by atomic mass is 10.1. The second-order valence-electron chi connectivity index (χ2n) is 5.99. The second kappa shape index (κ2) is 8.75. The molecule has 28 heavy (non-hydrogen) atoms. The zero-order chi connectivity index (χ0) is 20.9. The van der Waals surface area contributed by atoms with Crippen LogP contribution in [-0.2, 0) is 10.0 Å². The smallest absolute Gasteiger partial charge is 0.271 e. The summed E-state index contributed by atoms with van der Waals surface area (Å²) >= 11 is 0. The summed E-state index contributed by atoms with van der Waals surface area (Å²) in [5.41, 5.74) is 4.66. The molecule has 1 N–H and O–H groups in total. The maximum absolute atomic E-state index is 12.3.